The first-order valence-electron chi connectivity index (χ1n) is 21.5. The molecule has 0 spiro atoms. The monoisotopic (exact) mass is 842 g/mol. The number of aromatic hydroxyl groups is 7. The predicted octanol–water partition coefficient (Wildman–Crippen LogP) is 12.2. The van der Waals surface area contributed by atoms with Crippen LogP contribution in [0.2, 0.25) is 0 Å². The Bertz CT molecular complexity index is 2600. The van der Waals surface area contributed by atoms with Gasteiger partial charge < -0.3 is 35.7 Å². The molecule has 7 nitrogen and oxygen atoms in total. The van der Waals surface area contributed by atoms with Gasteiger partial charge in [0, 0.05) is 35.8 Å². The van der Waals surface area contributed by atoms with E-state index in [1.807, 2.05) is 116 Å². The minimum atomic E-state index is -0.425. The Balaban J connectivity index is 1.30. The van der Waals surface area contributed by atoms with E-state index in [4.69, 9.17) is 0 Å². The lowest BCUT2D eigenvalue weighted by Crippen LogP contribution is -2.09. The highest BCUT2D eigenvalue weighted by molar-refractivity contribution is 5.60. The fraction of sp³-hybridized carbons (Fsp3) is 0.250. The summed E-state index contributed by atoms with van der Waals surface area (Å²) in [5, 5.41) is 77.6. The molecule has 0 fully saturated rings. The molecule has 0 radical (unpaired) electrons. The zero-order chi connectivity index (χ0) is 45.6. The number of phenolic OH excluding ortho intramolecular Hbond substituents is 7. The van der Waals surface area contributed by atoms with E-state index in [0.29, 0.717) is 46.2 Å². The first-order chi connectivity index (χ1) is 29.8. The Labute approximate surface area is 370 Å². The number of hydrogen-bond donors (Lipinski definition) is 7. The number of rotatable bonds is 11. The lowest BCUT2D eigenvalue weighted by Gasteiger charge is -2.26. The number of aryl methyl sites for hydroxylation is 9. The van der Waals surface area contributed by atoms with E-state index >= 15 is 0 Å². The van der Waals surface area contributed by atoms with Crippen LogP contribution in [0.3, 0.4) is 0 Å². The van der Waals surface area contributed by atoms with Gasteiger partial charge in [-0.15, -0.1) is 0 Å². The van der Waals surface area contributed by atoms with Gasteiger partial charge in [-0.25, -0.2) is 0 Å². The van der Waals surface area contributed by atoms with Gasteiger partial charge in [0.15, 0.2) is 0 Å². The molecule has 7 aromatic carbocycles. The van der Waals surface area contributed by atoms with E-state index in [2.05, 4.69) is 6.92 Å². The van der Waals surface area contributed by atoms with E-state index in [-0.39, 0.29) is 40.2 Å². The highest BCUT2D eigenvalue weighted by Gasteiger charge is 2.28. The molecule has 0 saturated carbocycles. The fourth-order valence-corrected chi connectivity index (χ4v) is 9.18. The van der Waals surface area contributed by atoms with Crippen molar-refractivity contribution in [2.75, 3.05) is 0 Å². The van der Waals surface area contributed by atoms with Crippen LogP contribution in [0.1, 0.15) is 124 Å². The maximum absolute atomic E-state index is 12.1. The van der Waals surface area contributed by atoms with E-state index in [1.54, 1.807) is 36.4 Å². The third-order valence-electron chi connectivity index (χ3n) is 12.9. The van der Waals surface area contributed by atoms with Crippen molar-refractivity contribution in [2.45, 2.75) is 93.4 Å². The highest BCUT2D eigenvalue weighted by atomic mass is 16.3. The molecule has 0 aromatic heterocycles. The summed E-state index contributed by atoms with van der Waals surface area (Å²) in [6.07, 6.45) is 1.51. The molecule has 7 rings (SSSR count). The van der Waals surface area contributed by atoms with Crippen LogP contribution in [0.4, 0.5) is 0 Å². The first kappa shape index (κ1) is 44.2. The third-order valence-corrected chi connectivity index (χ3v) is 12.9. The Morgan fingerprint density at radius 2 is 0.619 bits per heavy atom. The Morgan fingerprint density at radius 1 is 0.317 bits per heavy atom. The van der Waals surface area contributed by atoms with Gasteiger partial charge in [0.1, 0.15) is 40.2 Å². The van der Waals surface area contributed by atoms with Gasteiger partial charge in [-0.3, -0.25) is 0 Å². The van der Waals surface area contributed by atoms with Gasteiger partial charge in [-0.05, 0) is 193 Å². The minimum absolute atomic E-state index is 0.114. The second-order valence-electron chi connectivity index (χ2n) is 17.6. The average Bonchev–Trinajstić information content (AvgIpc) is 3.23. The number of hydrogen-bond acceptors (Lipinski definition) is 7. The summed E-state index contributed by atoms with van der Waals surface area (Å²) >= 11 is 0. The Kier molecular flexibility index (Phi) is 12.3. The molecule has 0 aliphatic carbocycles. The maximum atomic E-state index is 12.1. The molecular formula is C56H58O7. The van der Waals surface area contributed by atoms with Crippen LogP contribution in [-0.2, 0) is 19.3 Å². The van der Waals surface area contributed by atoms with Crippen LogP contribution in [0.15, 0.2) is 97.1 Å². The largest absolute Gasteiger partial charge is 0.508 e. The average molecular weight is 843 g/mol. The topological polar surface area (TPSA) is 142 Å². The van der Waals surface area contributed by atoms with E-state index < -0.39 is 11.8 Å². The van der Waals surface area contributed by atoms with Crippen LogP contribution in [-0.4, -0.2) is 35.7 Å². The summed E-state index contributed by atoms with van der Waals surface area (Å²) in [6.45, 7) is 17.3. The van der Waals surface area contributed by atoms with Crippen LogP contribution >= 0.6 is 0 Å². The van der Waals surface area contributed by atoms with Crippen LogP contribution in [0, 0.1) is 55.4 Å². The van der Waals surface area contributed by atoms with Crippen molar-refractivity contribution in [2.24, 2.45) is 0 Å². The molecule has 0 aliphatic heterocycles. The molecular weight excluding hydrogens is 785 g/mol. The van der Waals surface area contributed by atoms with Crippen molar-refractivity contribution in [3.05, 3.63) is 203 Å². The van der Waals surface area contributed by atoms with Gasteiger partial charge in [-0.1, -0.05) is 67.6 Å². The highest BCUT2D eigenvalue weighted by Crippen LogP contribution is 2.45. The molecule has 7 aromatic rings. The number of benzene rings is 7. The molecule has 0 unspecified atom stereocenters. The van der Waals surface area contributed by atoms with E-state index in [0.717, 1.165) is 78.7 Å². The minimum Gasteiger partial charge on any atom is -0.508 e. The van der Waals surface area contributed by atoms with Crippen molar-refractivity contribution in [3.63, 3.8) is 0 Å². The Morgan fingerprint density at radius 3 is 0.905 bits per heavy atom. The summed E-state index contributed by atoms with van der Waals surface area (Å²) in [4.78, 5) is 0. The molecule has 0 amide bonds. The van der Waals surface area contributed by atoms with Gasteiger partial charge in [0.2, 0.25) is 0 Å². The fourth-order valence-electron chi connectivity index (χ4n) is 9.18. The van der Waals surface area contributed by atoms with E-state index in [1.165, 1.54) is 0 Å². The van der Waals surface area contributed by atoms with Crippen molar-refractivity contribution in [3.8, 4) is 40.2 Å². The van der Waals surface area contributed by atoms with Crippen molar-refractivity contribution >= 4 is 0 Å². The number of phenols is 7. The Hall–Kier alpha value is -6.86. The SMILES string of the molecule is CCc1cc(Cc2ccc(O)c(C(c3cc(C)c(O)cc3C)c3cc(C)c(O)cc3C)c2)c(O)c(Cc2ccc(O)c(C(c3cc(C)c(O)cc3C)c3cc(C)c(O)cc3C)c2)c1. The first-order valence-corrected chi connectivity index (χ1v) is 21.5. The maximum Gasteiger partial charge on any atom is 0.122 e. The lowest BCUT2D eigenvalue weighted by atomic mass is 9.79. The van der Waals surface area contributed by atoms with Gasteiger partial charge in [-0.2, -0.15) is 0 Å². The molecule has 324 valence electrons. The molecule has 0 saturated heterocycles. The zero-order valence-electron chi connectivity index (χ0n) is 37.6. The second kappa shape index (κ2) is 17.5. The summed E-state index contributed by atoms with van der Waals surface area (Å²) in [7, 11) is 0. The summed E-state index contributed by atoms with van der Waals surface area (Å²) in [6, 6.07) is 30.1. The van der Waals surface area contributed by atoms with E-state index in [9.17, 15) is 35.7 Å². The van der Waals surface area contributed by atoms with Gasteiger partial charge >= 0.3 is 0 Å². The predicted molar refractivity (Wildman–Crippen MR) is 252 cm³/mol. The smallest absolute Gasteiger partial charge is 0.122 e. The zero-order valence-corrected chi connectivity index (χ0v) is 37.6. The summed E-state index contributed by atoms with van der Waals surface area (Å²) in [5.74, 6) is 0.338. The molecule has 7 heteroatoms. The molecule has 0 aliphatic rings. The van der Waals surface area contributed by atoms with Crippen LogP contribution < -0.4 is 0 Å². The van der Waals surface area contributed by atoms with Crippen molar-refractivity contribution in [1.82, 2.24) is 0 Å². The van der Waals surface area contributed by atoms with Crippen molar-refractivity contribution < 1.29 is 35.7 Å². The standard InChI is InChI=1S/C56H58O7/c1-10-37-23-40(25-38-11-13-48(57)46(27-38)54(42-15-33(6)50(59)19-29(42)2)43-16-34(7)51(60)20-30(43)3)56(63)41(24-37)26-39-12-14-49(58)47(28-39)55(44-17-35(8)52(61)21-31(44)4)45-18-36(9)53(62)22-32(45)5/h11-24,27-28,54-55,57-63H,10,25-26H2,1-9H3. The quantitative estimate of drug-likeness (QED) is 0.0643. The second-order valence-corrected chi connectivity index (χ2v) is 17.6. The van der Waals surface area contributed by atoms with Crippen LogP contribution in [0.25, 0.3) is 0 Å². The third kappa shape index (κ3) is 8.78. The van der Waals surface area contributed by atoms with Gasteiger partial charge in [0.05, 0.1) is 0 Å². The molecule has 7 N–H and O–H groups in total. The normalized spacial score (nSPS) is 11.5. The summed E-state index contributed by atoms with van der Waals surface area (Å²) in [5.41, 5.74) is 15.7. The summed E-state index contributed by atoms with van der Waals surface area (Å²) < 4.78 is 0. The molecule has 0 atom stereocenters. The van der Waals surface area contributed by atoms with Crippen LogP contribution in [0.5, 0.6) is 40.2 Å². The molecule has 0 heterocycles. The molecule has 0 bridgehead atoms. The molecule has 63 heavy (non-hydrogen) atoms. The van der Waals surface area contributed by atoms with Crippen molar-refractivity contribution in [1.29, 1.82) is 0 Å². The lowest BCUT2D eigenvalue weighted by molar-refractivity contribution is 0.462. The van der Waals surface area contributed by atoms with Gasteiger partial charge in [0.25, 0.3) is 0 Å².